The van der Waals surface area contributed by atoms with Crippen molar-refractivity contribution >= 4 is 8.32 Å². The molecule has 2 aliphatic rings. The van der Waals surface area contributed by atoms with E-state index >= 15 is 0 Å². The fourth-order valence-corrected chi connectivity index (χ4v) is 4.22. The van der Waals surface area contributed by atoms with Crippen molar-refractivity contribution in [2.75, 3.05) is 13.1 Å². The van der Waals surface area contributed by atoms with Gasteiger partial charge in [0.2, 0.25) is 0 Å². The fourth-order valence-electron chi connectivity index (χ4n) is 2.84. The SMILES string of the molecule is CC(C)(C)[Si](C)(C)O[C@@H]1CCC[C@@H]2NCCN[C@@H]21. The summed E-state index contributed by atoms with van der Waals surface area (Å²) in [4.78, 5) is 0. The Bertz CT molecular complexity index is 286. The Labute approximate surface area is 113 Å². The third-order valence-corrected chi connectivity index (χ3v) is 9.51. The molecule has 0 unspecified atom stereocenters. The molecule has 0 aromatic carbocycles. The number of hydrogen-bond donors (Lipinski definition) is 2. The first-order chi connectivity index (χ1) is 8.31. The van der Waals surface area contributed by atoms with E-state index in [-0.39, 0.29) is 0 Å². The van der Waals surface area contributed by atoms with Gasteiger partial charge in [-0.25, -0.2) is 0 Å². The van der Waals surface area contributed by atoms with E-state index in [0.29, 0.717) is 23.2 Å². The average Bonchev–Trinajstić information content (AvgIpc) is 2.27. The minimum absolute atomic E-state index is 0.308. The molecule has 1 aliphatic carbocycles. The highest BCUT2D eigenvalue weighted by Gasteiger charge is 2.43. The van der Waals surface area contributed by atoms with Crippen LogP contribution in [0.4, 0.5) is 0 Å². The minimum atomic E-state index is -1.64. The second kappa shape index (κ2) is 5.23. The van der Waals surface area contributed by atoms with Gasteiger partial charge in [-0.1, -0.05) is 20.8 Å². The predicted molar refractivity (Wildman–Crippen MR) is 79.5 cm³/mol. The van der Waals surface area contributed by atoms with Crippen LogP contribution in [-0.2, 0) is 4.43 Å². The van der Waals surface area contributed by atoms with Crippen LogP contribution in [0.5, 0.6) is 0 Å². The molecule has 106 valence electrons. The summed E-state index contributed by atoms with van der Waals surface area (Å²) in [7, 11) is -1.64. The summed E-state index contributed by atoms with van der Waals surface area (Å²) in [5.74, 6) is 0. The van der Waals surface area contributed by atoms with Crippen molar-refractivity contribution in [3.05, 3.63) is 0 Å². The maximum Gasteiger partial charge on any atom is 0.192 e. The van der Waals surface area contributed by atoms with Crippen molar-refractivity contribution in [1.29, 1.82) is 0 Å². The molecule has 2 rings (SSSR count). The van der Waals surface area contributed by atoms with Crippen LogP contribution in [0.25, 0.3) is 0 Å². The summed E-state index contributed by atoms with van der Waals surface area (Å²) in [5, 5.41) is 7.64. The maximum atomic E-state index is 6.65. The molecule has 3 atom stereocenters. The lowest BCUT2D eigenvalue weighted by atomic mass is 9.87. The molecule has 0 aromatic rings. The normalized spacial score (nSPS) is 34.2. The van der Waals surface area contributed by atoms with Gasteiger partial charge in [0.15, 0.2) is 8.32 Å². The second-order valence-corrected chi connectivity index (χ2v) is 12.1. The topological polar surface area (TPSA) is 33.3 Å². The largest absolute Gasteiger partial charge is 0.412 e. The number of fused-ring (bicyclic) bond motifs is 1. The molecule has 18 heavy (non-hydrogen) atoms. The Morgan fingerprint density at radius 3 is 2.39 bits per heavy atom. The molecule has 0 radical (unpaired) electrons. The van der Waals surface area contributed by atoms with E-state index in [1.54, 1.807) is 0 Å². The second-order valence-electron chi connectivity index (χ2n) is 7.39. The molecular weight excluding hydrogens is 240 g/mol. The molecule has 0 aromatic heterocycles. The van der Waals surface area contributed by atoms with E-state index < -0.39 is 8.32 Å². The molecular formula is C14H30N2OSi. The molecule has 1 saturated carbocycles. The minimum Gasteiger partial charge on any atom is -0.412 e. The van der Waals surface area contributed by atoms with Gasteiger partial charge < -0.3 is 15.1 Å². The van der Waals surface area contributed by atoms with Crippen LogP contribution in [0.1, 0.15) is 40.0 Å². The Morgan fingerprint density at radius 2 is 1.72 bits per heavy atom. The van der Waals surface area contributed by atoms with E-state index in [1.807, 2.05) is 0 Å². The summed E-state index contributed by atoms with van der Waals surface area (Å²) in [6.45, 7) is 13.9. The van der Waals surface area contributed by atoms with Gasteiger partial charge in [0.1, 0.15) is 0 Å². The lowest BCUT2D eigenvalue weighted by Crippen LogP contribution is -2.64. The van der Waals surface area contributed by atoms with Crippen LogP contribution >= 0.6 is 0 Å². The molecule has 1 saturated heterocycles. The molecule has 4 heteroatoms. The molecule has 0 bridgehead atoms. The van der Waals surface area contributed by atoms with E-state index in [1.165, 1.54) is 19.3 Å². The summed E-state index contributed by atoms with van der Waals surface area (Å²) in [5.41, 5.74) is 0. The first kappa shape index (κ1) is 14.5. The van der Waals surface area contributed by atoms with E-state index in [0.717, 1.165) is 13.1 Å². The summed E-state index contributed by atoms with van der Waals surface area (Å²) in [6.07, 6.45) is 4.24. The predicted octanol–water partition coefficient (Wildman–Crippen LogP) is 2.49. The van der Waals surface area contributed by atoms with Gasteiger partial charge in [0, 0.05) is 25.2 Å². The van der Waals surface area contributed by atoms with Crippen LogP contribution in [-0.4, -0.2) is 39.6 Å². The molecule has 0 spiro atoms. The molecule has 1 aliphatic heterocycles. The average molecular weight is 270 g/mol. The van der Waals surface area contributed by atoms with Crippen LogP contribution in [0, 0.1) is 0 Å². The van der Waals surface area contributed by atoms with Crippen molar-refractivity contribution in [3.63, 3.8) is 0 Å². The molecule has 1 heterocycles. The van der Waals surface area contributed by atoms with E-state index in [4.69, 9.17) is 4.43 Å². The van der Waals surface area contributed by atoms with Crippen molar-refractivity contribution in [3.8, 4) is 0 Å². The van der Waals surface area contributed by atoms with Crippen LogP contribution in [0.2, 0.25) is 18.1 Å². The zero-order chi connectivity index (χ0) is 13.4. The number of nitrogens with one attached hydrogen (secondary N) is 2. The Hall–Kier alpha value is 0.0969. The summed E-state index contributed by atoms with van der Waals surface area (Å²) >= 11 is 0. The first-order valence-electron chi connectivity index (χ1n) is 7.46. The molecule has 0 amide bonds. The quantitative estimate of drug-likeness (QED) is 0.756. The lowest BCUT2D eigenvalue weighted by Gasteiger charge is -2.47. The highest BCUT2D eigenvalue weighted by atomic mass is 28.4. The van der Waals surface area contributed by atoms with Crippen molar-refractivity contribution < 1.29 is 4.43 Å². The van der Waals surface area contributed by atoms with Gasteiger partial charge in [-0.05, 0) is 37.4 Å². The Morgan fingerprint density at radius 1 is 1.06 bits per heavy atom. The highest BCUT2D eigenvalue weighted by molar-refractivity contribution is 6.74. The number of hydrogen-bond acceptors (Lipinski definition) is 3. The van der Waals surface area contributed by atoms with Gasteiger partial charge in [-0.2, -0.15) is 0 Å². The van der Waals surface area contributed by atoms with Gasteiger partial charge >= 0.3 is 0 Å². The fraction of sp³-hybridized carbons (Fsp3) is 1.00. The number of piperazine rings is 1. The number of rotatable bonds is 2. The van der Waals surface area contributed by atoms with Gasteiger partial charge in [-0.15, -0.1) is 0 Å². The van der Waals surface area contributed by atoms with Crippen molar-refractivity contribution in [1.82, 2.24) is 10.6 Å². The zero-order valence-corrected chi connectivity index (χ0v) is 13.7. The van der Waals surface area contributed by atoms with Gasteiger partial charge in [0.05, 0.1) is 6.10 Å². The van der Waals surface area contributed by atoms with Crippen molar-refractivity contribution in [2.24, 2.45) is 0 Å². The first-order valence-corrected chi connectivity index (χ1v) is 10.4. The molecule has 2 fully saturated rings. The van der Waals surface area contributed by atoms with Gasteiger partial charge in [0.25, 0.3) is 0 Å². The Kier molecular flexibility index (Phi) is 4.22. The highest BCUT2D eigenvalue weighted by Crippen LogP contribution is 2.39. The van der Waals surface area contributed by atoms with Crippen LogP contribution in [0.15, 0.2) is 0 Å². The summed E-state index contributed by atoms with van der Waals surface area (Å²) in [6, 6.07) is 1.16. The zero-order valence-electron chi connectivity index (χ0n) is 12.7. The van der Waals surface area contributed by atoms with E-state index in [9.17, 15) is 0 Å². The Balaban J connectivity index is 2.03. The third kappa shape index (κ3) is 2.98. The monoisotopic (exact) mass is 270 g/mol. The maximum absolute atomic E-state index is 6.65. The molecule has 2 N–H and O–H groups in total. The van der Waals surface area contributed by atoms with Crippen LogP contribution in [0.3, 0.4) is 0 Å². The smallest absolute Gasteiger partial charge is 0.192 e. The third-order valence-electron chi connectivity index (χ3n) is 5.00. The summed E-state index contributed by atoms with van der Waals surface area (Å²) < 4.78 is 6.65. The van der Waals surface area contributed by atoms with Crippen LogP contribution < -0.4 is 10.6 Å². The molecule has 3 nitrogen and oxygen atoms in total. The van der Waals surface area contributed by atoms with Crippen molar-refractivity contribution in [2.45, 2.75) is 76.4 Å². The van der Waals surface area contributed by atoms with E-state index in [2.05, 4.69) is 44.5 Å². The van der Waals surface area contributed by atoms with Gasteiger partial charge in [-0.3, -0.25) is 0 Å². The lowest BCUT2D eigenvalue weighted by molar-refractivity contribution is 0.0687. The standard InChI is InChI=1S/C14H30N2OSi/c1-14(2,3)18(4,5)17-12-8-6-7-11-13(12)16-10-9-15-11/h11-13,15-16H,6-10H2,1-5H3/t11-,12+,13-/m0/s1.